The number of rotatable bonds is 10. The normalized spacial score (nSPS) is 11.4. The van der Waals surface area contributed by atoms with Crippen molar-refractivity contribution in [3.63, 3.8) is 0 Å². The van der Waals surface area contributed by atoms with Gasteiger partial charge in [0.2, 0.25) is 5.91 Å². The highest BCUT2D eigenvalue weighted by atomic mass is 16.1. The topological polar surface area (TPSA) is 106 Å². The molecule has 0 spiro atoms. The molecule has 0 atom stereocenters. The molecular formula is C28H32N6O2. The summed E-state index contributed by atoms with van der Waals surface area (Å²) in [6, 6.07) is 15.1. The van der Waals surface area contributed by atoms with Crippen LogP contribution in [-0.2, 0) is 17.8 Å². The number of hydrogen-bond acceptors (Lipinski definition) is 6. The van der Waals surface area contributed by atoms with Gasteiger partial charge in [-0.05, 0) is 42.8 Å². The fraction of sp³-hybridized carbons (Fsp3) is 0.286. The molecule has 36 heavy (non-hydrogen) atoms. The lowest BCUT2D eigenvalue weighted by molar-refractivity contribution is -0.116. The van der Waals surface area contributed by atoms with E-state index in [1.807, 2.05) is 55.4 Å². The predicted octanol–water partition coefficient (Wildman–Crippen LogP) is 4.13. The Bertz CT molecular complexity index is 1420. The molecule has 0 aliphatic carbocycles. The summed E-state index contributed by atoms with van der Waals surface area (Å²) in [5, 5.41) is 3.86. The summed E-state index contributed by atoms with van der Waals surface area (Å²) in [7, 11) is 3.88. The lowest BCUT2D eigenvalue weighted by Gasteiger charge is -2.12. The van der Waals surface area contributed by atoms with Crippen LogP contribution >= 0.6 is 0 Å². The fourth-order valence-corrected chi connectivity index (χ4v) is 4.19. The van der Waals surface area contributed by atoms with Crippen molar-refractivity contribution in [3.05, 3.63) is 72.1 Å². The van der Waals surface area contributed by atoms with Crippen molar-refractivity contribution in [3.8, 4) is 0 Å². The Morgan fingerprint density at radius 1 is 1.06 bits per heavy atom. The number of ketones is 1. The number of pyridine rings is 1. The van der Waals surface area contributed by atoms with Gasteiger partial charge in [0.1, 0.15) is 11.3 Å². The second-order valence-electron chi connectivity index (χ2n) is 8.92. The molecular weight excluding hydrogens is 452 g/mol. The van der Waals surface area contributed by atoms with Crippen LogP contribution in [0.25, 0.3) is 21.9 Å². The van der Waals surface area contributed by atoms with E-state index in [1.54, 1.807) is 12.1 Å². The molecule has 0 unspecified atom stereocenters. The number of carbonyl (C=O) groups excluding carboxylic acids is 2. The molecule has 1 amide bonds. The minimum Gasteiger partial charge on any atom is -0.382 e. The van der Waals surface area contributed by atoms with Crippen molar-refractivity contribution in [1.82, 2.24) is 19.9 Å². The van der Waals surface area contributed by atoms with Crippen molar-refractivity contribution in [2.75, 3.05) is 31.3 Å². The number of allylic oxidation sites excluding steroid dienone is 1. The first-order chi connectivity index (χ1) is 17.4. The second kappa shape index (κ2) is 11.0. The van der Waals surface area contributed by atoms with Crippen molar-refractivity contribution in [2.24, 2.45) is 0 Å². The van der Waals surface area contributed by atoms with Gasteiger partial charge in [-0.15, -0.1) is 0 Å². The first-order valence-corrected chi connectivity index (χ1v) is 12.2. The number of aryl methyl sites for hydroxylation is 1. The van der Waals surface area contributed by atoms with Crippen LogP contribution < -0.4 is 16.0 Å². The Morgan fingerprint density at radius 2 is 1.81 bits per heavy atom. The van der Waals surface area contributed by atoms with E-state index in [0.717, 1.165) is 47.2 Å². The molecule has 0 radical (unpaired) electrons. The summed E-state index contributed by atoms with van der Waals surface area (Å²) in [5.74, 6) is 0.799. The number of nitrogens with zero attached hydrogens (tertiary/aromatic N) is 4. The SMILES string of the molecule is CCCCc1nc2c(N)nc3ccccc3c2n1CCNC(=O)/C=C/C(=O)c1ccc(N(C)C)cc1. The number of imidazole rings is 1. The average molecular weight is 485 g/mol. The molecule has 2 aromatic heterocycles. The van der Waals surface area contributed by atoms with Crippen LogP contribution in [0.15, 0.2) is 60.7 Å². The van der Waals surface area contributed by atoms with Gasteiger partial charge in [0.05, 0.1) is 11.0 Å². The highest BCUT2D eigenvalue weighted by molar-refractivity contribution is 6.08. The summed E-state index contributed by atoms with van der Waals surface area (Å²) in [6.45, 7) is 3.06. The van der Waals surface area contributed by atoms with Gasteiger partial charge in [-0.2, -0.15) is 0 Å². The predicted molar refractivity (Wildman–Crippen MR) is 145 cm³/mol. The number of nitrogens with one attached hydrogen (secondary N) is 1. The number of para-hydroxylation sites is 1. The van der Waals surface area contributed by atoms with Gasteiger partial charge < -0.3 is 20.5 Å². The van der Waals surface area contributed by atoms with Gasteiger partial charge in [-0.3, -0.25) is 9.59 Å². The summed E-state index contributed by atoms with van der Waals surface area (Å²) in [4.78, 5) is 36.1. The molecule has 0 saturated heterocycles. The molecule has 0 aliphatic heterocycles. The van der Waals surface area contributed by atoms with Crippen molar-refractivity contribution >= 4 is 45.1 Å². The van der Waals surface area contributed by atoms with Crippen LogP contribution in [-0.4, -0.2) is 46.9 Å². The van der Waals surface area contributed by atoms with E-state index in [1.165, 1.54) is 12.2 Å². The molecule has 3 N–H and O–H groups in total. The first kappa shape index (κ1) is 24.9. The zero-order valence-corrected chi connectivity index (χ0v) is 21.0. The molecule has 0 fully saturated rings. The number of nitrogens with two attached hydrogens (primary N) is 1. The van der Waals surface area contributed by atoms with Gasteiger partial charge >= 0.3 is 0 Å². The second-order valence-corrected chi connectivity index (χ2v) is 8.92. The highest BCUT2D eigenvalue weighted by Gasteiger charge is 2.17. The molecule has 2 heterocycles. The van der Waals surface area contributed by atoms with E-state index in [-0.39, 0.29) is 11.7 Å². The molecule has 4 rings (SSSR count). The Balaban J connectivity index is 1.48. The minimum atomic E-state index is -0.321. The van der Waals surface area contributed by atoms with Crippen molar-refractivity contribution in [1.29, 1.82) is 0 Å². The number of aromatic nitrogens is 3. The van der Waals surface area contributed by atoms with Crippen molar-refractivity contribution in [2.45, 2.75) is 32.7 Å². The first-order valence-electron chi connectivity index (χ1n) is 12.2. The van der Waals surface area contributed by atoms with Crippen LogP contribution in [0.5, 0.6) is 0 Å². The van der Waals surface area contributed by atoms with Crippen LogP contribution in [0.2, 0.25) is 0 Å². The molecule has 0 saturated carbocycles. The Kier molecular flexibility index (Phi) is 7.63. The highest BCUT2D eigenvalue weighted by Crippen LogP contribution is 2.29. The zero-order chi connectivity index (χ0) is 25.7. The number of hydrogen-bond donors (Lipinski definition) is 2. The number of carbonyl (C=O) groups is 2. The molecule has 8 heteroatoms. The molecule has 0 aliphatic rings. The smallest absolute Gasteiger partial charge is 0.244 e. The number of amides is 1. The molecule has 2 aromatic carbocycles. The summed E-state index contributed by atoms with van der Waals surface area (Å²) in [5.41, 5.74) is 10.2. The average Bonchev–Trinajstić information content (AvgIpc) is 3.25. The lowest BCUT2D eigenvalue weighted by atomic mass is 10.1. The molecule has 4 aromatic rings. The standard InChI is InChI=1S/C28H32N6O2/c1-4-5-10-24-32-26-27(21-8-6-7-9-22(21)31-28(26)29)34(24)18-17-30-25(36)16-15-23(35)19-11-13-20(14-12-19)33(2)3/h6-9,11-16H,4-5,10,17-18H2,1-3H3,(H2,29,31)(H,30,36)/b16-15+. The Labute approximate surface area is 210 Å². The van der Waals surface area contributed by atoms with Crippen LogP contribution in [0.1, 0.15) is 35.9 Å². The zero-order valence-electron chi connectivity index (χ0n) is 21.0. The van der Waals surface area contributed by atoms with Gasteiger partial charge in [-0.25, -0.2) is 9.97 Å². The van der Waals surface area contributed by atoms with Gasteiger partial charge in [-0.1, -0.05) is 31.5 Å². The van der Waals surface area contributed by atoms with E-state index >= 15 is 0 Å². The summed E-state index contributed by atoms with van der Waals surface area (Å²) in [6.07, 6.45) is 5.45. The Morgan fingerprint density at radius 3 is 2.53 bits per heavy atom. The maximum Gasteiger partial charge on any atom is 0.244 e. The third kappa shape index (κ3) is 5.38. The molecule has 8 nitrogen and oxygen atoms in total. The number of fused-ring (bicyclic) bond motifs is 3. The quantitative estimate of drug-likeness (QED) is 0.259. The van der Waals surface area contributed by atoms with Crippen molar-refractivity contribution < 1.29 is 9.59 Å². The number of benzene rings is 2. The largest absolute Gasteiger partial charge is 0.382 e. The monoisotopic (exact) mass is 484 g/mol. The van der Waals surface area contributed by atoms with Crippen LogP contribution in [0.4, 0.5) is 11.5 Å². The fourth-order valence-electron chi connectivity index (χ4n) is 4.19. The maximum absolute atomic E-state index is 12.4. The third-order valence-corrected chi connectivity index (χ3v) is 6.13. The molecule has 0 bridgehead atoms. The third-order valence-electron chi connectivity index (χ3n) is 6.13. The number of unbranched alkanes of at least 4 members (excludes halogenated alkanes) is 1. The lowest BCUT2D eigenvalue weighted by Crippen LogP contribution is -2.26. The van der Waals surface area contributed by atoms with Gasteiger partial charge in [0, 0.05) is 56.3 Å². The van der Waals surface area contributed by atoms with Crippen LogP contribution in [0.3, 0.4) is 0 Å². The minimum absolute atomic E-state index is 0.215. The van der Waals surface area contributed by atoms with Crippen LogP contribution in [0, 0.1) is 0 Å². The van der Waals surface area contributed by atoms with E-state index < -0.39 is 0 Å². The maximum atomic E-state index is 12.4. The van der Waals surface area contributed by atoms with E-state index in [9.17, 15) is 9.59 Å². The van der Waals surface area contributed by atoms with Gasteiger partial charge in [0.15, 0.2) is 11.6 Å². The summed E-state index contributed by atoms with van der Waals surface area (Å²) < 4.78 is 2.13. The molecule has 186 valence electrons. The van der Waals surface area contributed by atoms with E-state index in [4.69, 9.17) is 10.7 Å². The number of anilines is 2. The van der Waals surface area contributed by atoms with E-state index in [2.05, 4.69) is 21.8 Å². The number of nitrogen functional groups attached to an aromatic ring is 1. The van der Waals surface area contributed by atoms with E-state index in [0.29, 0.717) is 30.0 Å². The Hall–Kier alpha value is -4.20. The van der Waals surface area contributed by atoms with Gasteiger partial charge in [0.25, 0.3) is 0 Å². The summed E-state index contributed by atoms with van der Waals surface area (Å²) >= 11 is 0.